The quantitative estimate of drug-likeness (QED) is 0.843. The van der Waals surface area contributed by atoms with Gasteiger partial charge in [0.15, 0.2) is 5.82 Å². The number of likely N-dealkylation sites (tertiary alicyclic amines) is 1. The molecule has 0 saturated carbocycles. The lowest BCUT2D eigenvalue weighted by molar-refractivity contribution is 0.263. The van der Waals surface area contributed by atoms with Gasteiger partial charge in [-0.1, -0.05) is 24.3 Å². The lowest BCUT2D eigenvalue weighted by Crippen LogP contribution is -2.23. The SMILES string of the molecule is CCOc1ccnc(-c2ccc([C@@H](C)N3CCCC3)cc2)n1. The fourth-order valence-electron chi connectivity index (χ4n) is 2.96. The highest BCUT2D eigenvalue weighted by atomic mass is 16.5. The van der Waals surface area contributed by atoms with E-state index in [1.54, 1.807) is 12.3 Å². The second kappa shape index (κ2) is 6.88. The molecule has 1 aliphatic heterocycles. The molecule has 0 radical (unpaired) electrons. The van der Waals surface area contributed by atoms with E-state index in [1.807, 2.05) is 6.92 Å². The summed E-state index contributed by atoms with van der Waals surface area (Å²) in [5.41, 5.74) is 2.38. The second-order valence-electron chi connectivity index (χ2n) is 5.69. The van der Waals surface area contributed by atoms with E-state index >= 15 is 0 Å². The number of nitrogens with zero attached hydrogens (tertiary/aromatic N) is 3. The molecule has 1 fully saturated rings. The molecule has 0 amide bonds. The van der Waals surface area contributed by atoms with Crippen LogP contribution in [0.4, 0.5) is 0 Å². The van der Waals surface area contributed by atoms with E-state index in [9.17, 15) is 0 Å². The zero-order chi connectivity index (χ0) is 15.4. The van der Waals surface area contributed by atoms with Crippen molar-refractivity contribution in [2.75, 3.05) is 19.7 Å². The average Bonchev–Trinajstić information content (AvgIpc) is 3.09. The van der Waals surface area contributed by atoms with Gasteiger partial charge in [-0.2, -0.15) is 4.98 Å². The minimum Gasteiger partial charge on any atom is -0.478 e. The molecule has 0 aliphatic carbocycles. The molecule has 1 saturated heterocycles. The molecule has 1 aromatic carbocycles. The first-order valence-corrected chi connectivity index (χ1v) is 8.08. The fourth-order valence-corrected chi connectivity index (χ4v) is 2.96. The predicted molar refractivity (Wildman–Crippen MR) is 87.9 cm³/mol. The van der Waals surface area contributed by atoms with Crippen molar-refractivity contribution in [3.63, 3.8) is 0 Å². The van der Waals surface area contributed by atoms with Gasteiger partial charge in [0.1, 0.15) is 0 Å². The molecule has 2 heterocycles. The number of benzene rings is 1. The van der Waals surface area contributed by atoms with Crippen molar-refractivity contribution >= 4 is 0 Å². The normalized spacial score (nSPS) is 16.6. The summed E-state index contributed by atoms with van der Waals surface area (Å²) in [6.07, 6.45) is 4.38. The minimum absolute atomic E-state index is 0.479. The summed E-state index contributed by atoms with van der Waals surface area (Å²) in [4.78, 5) is 11.3. The molecule has 2 aromatic rings. The van der Waals surface area contributed by atoms with Crippen LogP contribution in [0.15, 0.2) is 36.5 Å². The van der Waals surface area contributed by atoms with Crippen molar-refractivity contribution in [2.24, 2.45) is 0 Å². The van der Waals surface area contributed by atoms with E-state index < -0.39 is 0 Å². The van der Waals surface area contributed by atoms with E-state index in [1.165, 1.54) is 31.5 Å². The van der Waals surface area contributed by atoms with Crippen molar-refractivity contribution in [1.29, 1.82) is 0 Å². The number of ether oxygens (including phenoxy) is 1. The minimum atomic E-state index is 0.479. The highest BCUT2D eigenvalue weighted by Gasteiger charge is 2.19. The molecular weight excluding hydrogens is 274 g/mol. The third kappa shape index (κ3) is 3.28. The maximum atomic E-state index is 5.44. The monoisotopic (exact) mass is 297 g/mol. The van der Waals surface area contributed by atoms with Gasteiger partial charge in [0.05, 0.1) is 6.61 Å². The van der Waals surface area contributed by atoms with Crippen LogP contribution < -0.4 is 4.74 Å². The molecule has 0 spiro atoms. The van der Waals surface area contributed by atoms with Crippen LogP contribution in [0.1, 0.15) is 38.3 Å². The summed E-state index contributed by atoms with van der Waals surface area (Å²) in [6, 6.07) is 10.9. The lowest BCUT2D eigenvalue weighted by atomic mass is 10.0. The van der Waals surface area contributed by atoms with E-state index in [0.29, 0.717) is 24.4 Å². The molecule has 0 unspecified atom stereocenters. The Morgan fingerprint density at radius 2 is 1.86 bits per heavy atom. The molecule has 1 aromatic heterocycles. The van der Waals surface area contributed by atoms with Crippen LogP contribution in [0.2, 0.25) is 0 Å². The van der Waals surface area contributed by atoms with Gasteiger partial charge in [0.25, 0.3) is 0 Å². The van der Waals surface area contributed by atoms with Crippen LogP contribution >= 0.6 is 0 Å². The average molecular weight is 297 g/mol. The molecule has 0 N–H and O–H groups in total. The first kappa shape index (κ1) is 15.0. The van der Waals surface area contributed by atoms with Crippen molar-refractivity contribution < 1.29 is 4.74 Å². The number of rotatable bonds is 5. The zero-order valence-corrected chi connectivity index (χ0v) is 13.3. The van der Waals surface area contributed by atoms with Crippen molar-refractivity contribution in [3.8, 4) is 17.3 Å². The van der Waals surface area contributed by atoms with Crippen molar-refractivity contribution in [1.82, 2.24) is 14.9 Å². The third-order valence-electron chi connectivity index (χ3n) is 4.26. The molecule has 1 atom stereocenters. The Kier molecular flexibility index (Phi) is 4.68. The van der Waals surface area contributed by atoms with Crippen LogP contribution in [0.25, 0.3) is 11.4 Å². The van der Waals surface area contributed by atoms with Crippen LogP contribution in [0, 0.1) is 0 Å². The Morgan fingerprint density at radius 3 is 2.55 bits per heavy atom. The van der Waals surface area contributed by atoms with E-state index in [-0.39, 0.29) is 0 Å². The highest BCUT2D eigenvalue weighted by Crippen LogP contribution is 2.26. The molecule has 3 rings (SSSR count). The molecular formula is C18H23N3O. The standard InChI is InChI=1S/C18H23N3O/c1-3-22-17-10-11-19-18(20-17)16-8-6-15(7-9-16)14(2)21-12-4-5-13-21/h6-11,14H,3-5,12-13H2,1-2H3/t14-/m1/s1. The number of hydrogen-bond donors (Lipinski definition) is 0. The smallest absolute Gasteiger partial charge is 0.216 e. The maximum Gasteiger partial charge on any atom is 0.216 e. The Hall–Kier alpha value is -1.94. The van der Waals surface area contributed by atoms with E-state index in [0.717, 1.165) is 5.56 Å². The zero-order valence-electron chi connectivity index (χ0n) is 13.3. The van der Waals surface area contributed by atoms with Gasteiger partial charge < -0.3 is 4.74 Å². The summed E-state index contributed by atoms with van der Waals surface area (Å²) in [7, 11) is 0. The number of aromatic nitrogens is 2. The van der Waals surface area contributed by atoms with Crippen LogP contribution in [-0.2, 0) is 0 Å². The van der Waals surface area contributed by atoms with Gasteiger partial charge >= 0.3 is 0 Å². The van der Waals surface area contributed by atoms with Crippen LogP contribution in [-0.4, -0.2) is 34.6 Å². The topological polar surface area (TPSA) is 38.2 Å². The summed E-state index contributed by atoms with van der Waals surface area (Å²) >= 11 is 0. The molecule has 0 bridgehead atoms. The van der Waals surface area contributed by atoms with Gasteiger partial charge in [0.2, 0.25) is 5.88 Å². The van der Waals surface area contributed by atoms with Crippen LogP contribution in [0.5, 0.6) is 5.88 Å². The lowest BCUT2D eigenvalue weighted by Gasteiger charge is -2.24. The predicted octanol–water partition coefficient (Wildman–Crippen LogP) is 3.70. The van der Waals surface area contributed by atoms with Gasteiger partial charge in [0, 0.05) is 23.9 Å². The van der Waals surface area contributed by atoms with Gasteiger partial charge in [-0.05, 0) is 45.3 Å². The summed E-state index contributed by atoms with van der Waals surface area (Å²) in [5, 5.41) is 0. The summed E-state index contributed by atoms with van der Waals surface area (Å²) in [6.45, 7) is 7.27. The Morgan fingerprint density at radius 1 is 1.14 bits per heavy atom. The second-order valence-corrected chi connectivity index (χ2v) is 5.69. The first-order chi connectivity index (χ1) is 10.8. The van der Waals surface area contributed by atoms with Crippen molar-refractivity contribution in [2.45, 2.75) is 32.7 Å². The maximum absolute atomic E-state index is 5.44. The fraction of sp³-hybridized carbons (Fsp3) is 0.444. The Labute approximate surface area is 132 Å². The summed E-state index contributed by atoms with van der Waals surface area (Å²) in [5.74, 6) is 1.34. The largest absolute Gasteiger partial charge is 0.478 e. The highest BCUT2D eigenvalue weighted by molar-refractivity contribution is 5.55. The molecule has 1 aliphatic rings. The molecule has 22 heavy (non-hydrogen) atoms. The Bertz CT molecular complexity index is 606. The van der Waals surface area contributed by atoms with Gasteiger partial charge in [-0.15, -0.1) is 0 Å². The van der Waals surface area contributed by atoms with Gasteiger partial charge in [-0.3, -0.25) is 4.90 Å². The van der Waals surface area contributed by atoms with Crippen molar-refractivity contribution in [3.05, 3.63) is 42.1 Å². The molecule has 116 valence electrons. The molecule has 4 heteroatoms. The summed E-state index contributed by atoms with van der Waals surface area (Å²) < 4.78 is 5.44. The number of hydrogen-bond acceptors (Lipinski definition) is 4. The van der Waals surface area contributed by atoms with E-state index in [4.69, 9.17) is 4.74 Å². The van der Waals surface area contributed by atoms with Crippen LogP contribution in [0.3, 0.4) is 0 Å². The van der Waals surface area contributed by atoms with Gasteiger partial charge in [-0.25, -0.2) is 4.98 Å². The first-order valence-electron chi connectivity index (χ1n) is 8.08. The molecule has 4 nitrogen and oxygen atoms in total. The Balaban J connectivity index is 1.77. The third-order valence-corrected chi connectivity index (χ3v) is 4.26. The van der Waals surface area contributed by atoms with E-state index in [2.05, 4.69) is 46.1 Å².